The molecule has 0 saturated heterocycles. The number of alkyl halides is 4. The number of hydrogen-bond acceptors (Lipinski definition) is 4. The van der Waals surface area contributed by atoms with Crippen LogP contribution in [0.25, 0.3) is 39.5 Å². The van der Waals surface area contributed by atoms with E-state index in [1.165, 1.54) is 6.07 Å². The maximum absolute atomic E-state index is 13.3. The van der Waals surface area contributed by atoms with E-state index in [-0.39, 0.29) is 0 Å². The summed E-state index contributed by atoms with van der Waals surface area (Å²) in [7, 11) is 0. The van der Waals surface area contributed by atoms with Crippen LogP contribution in [0.3, 0.4) is 0 Å². The quantitative estimate of drug-likeness (QED) is 0.299. The van der Waals surface area contributed by atoms with Crippen molar-refractivity contribution in [2.75, 3.05) is 5.73 Å². The SMILES string of the molecule is Nc1ncccc1-c1nc2ccc(-c3cccc(C(F)(F)F)c3)nc2n1-c1ccc(CCl)cc1. The maximum Gasteiger partial charge on any atom is 0.416 e. The number of aromatic nitrogens is 4. The predicted molar refractivity (Wildman–Crippen MR) is 127 cm³/mol. The molecule has 2 N–H and O–H groups in total. The smallest absolute Gasteiger partial charge is 0.383 e. The molecule has 3 heterocycles. The van der Waals surface area contributed by atoms with Gasteiger partial charge in [0.1, 0.15) is 11.3 Å². The normalized spacial score (nSPS) is 11.8. The van der Waals surface area contributed by atoms with Crippen LogP contribution in [0, 0.1) is 0 Å². The molecule has 3 aromatic heterocycles. The van der Waals surface area contributed by atoms with Gasteiger partial charge in [0.15, 0.2) is 11.5 Å². The van der Waals surface area contributed by atoms with Crippen LogP contribution in [0.15, 0.2) is 79.0 Å². The molecule has 0 fully saturated rings. The fraction of sp³-hybridized carbons (Fsp3) is 0.0800. The average molecular weight is 480 g/mol. The molecule has 0 atom stereocenters. The summed E-state index contributed by atoms with van der Waals surface area (Å²) < 4.78 is 41.6. The molecular weight excluding hydrogens is 463 g/mol. The second-order valence-corrected chi connectivity index (χ2v) is 7.89. The van der Waals surface area contributed by atoms with Crippen molar-refractivity contribution in [3.63, 3.8) is 0 Å². The van der Waals surface area contributed by atoms with Crippen molar-refractivity contribution in [1.82, 2.24) is 19.5 Å². The molecule has 0 radical (unpaired) electrons. The van der Waals surface area contributed by atoms with Gasteiger partial charge in [0.2, 0.25) is 0 Å². The van der Waals surface area contributed by atoms with E-state index in [1.807, 2.05) is 28.8 Å². The minimum atomic E-state index is -4.45. The molecular formula is C25H17ClF3N5. The highest BCUT2D eigenvalue weighted by Crippen LogP contribution is 2.34. The van der Waals surface area contributed by atoms with Gasteiger partial charge in [0, 0.05) is 23.3 Å². The highest BCUT2D eigenvalue weighted by atomic mass is 35.5. The Bertz CT molecular complexity index is 1490. The maximum atomic E-state index is 13.3. The number of anilines is 1. The number of nitrogens with two attached hydrogens (primary N) is 1. The van der Waals surface area contributed by atoms with Crippen LogP contribution in [0.2, 0.25) is 0 Å². The number of benzene rings is 2. The third-order valence-corrected chi connectivity index (χ3v) is 5.73. The first-order valence-electron chi connectivity index (χ1n) is 10.3. The first kappa shape index (κ1) is 21.9. The van der Waals surface area contributed by atoms with Crippen molar-refractivity contribution >= 4 is 28.6 Å². The lowest BCUT2D eigenvalue weighted by Gasteiger charge is -2.11. The monoisotopic (exact) mass is 479 g/mol. The van der Waals surface area contributed by atoms with E-state index >= 15 is 0 Å². The van der Waals surface area contributed by atoms with E-state index in [9.17, 15) is 13.2 Å². The summed E-state index contributed by atoms with van der Waals surface area (Å²) >= 11 is 5.94. The van der Waals surface area contributed by atoms with E-state index < -0.39 is 11.7 Å². The molecule has 0 unspecified atom stereocenters. The Morgan fingerprint density at radius 3 is 2.41 bits per heavy atom. The second kappa shape index (κ2) is 8.46. The van der Waals surface area contributed by atoms with E-state index in [1.54, 1.807) is 36.5 Å². The average Bonchev–Trinajstić information content (AvgIpc) is 3.22. The summed E-state index contributed by atoms with van der Waals surface area (Å²) in [6.45, 7) is 0. The first-order chi connectivity index (χ1) is 16.3. The van der Waals surface area contributed by atoms with Gasteiger partial charge in [0.05, 0.1) is 16.8 Å². The van der Waals surface area contributed by atoms with Crippen LogP contribution in [-0.2, 0) is 12.1 Å². The number of rotatable bonds is 4. The van der Waals surface area contributed by atoms with Crippen molar-refractivity contribution in [3.8, 4) is 28.3 Å². The molecule has 0 spiro atoms. The second-order valence-electron chi connectivity index (χ2n) is 7.62. The Morgan fingerprint density at radius 1 is 0.912 bits per heavy atom. The summed E-state index contributed by atoms with van der Waals surface area (Å²) in [4.78, 5) is 13.6. The zero-order chi connectivity index (χ0) is 23.9. The van der Waals surface area contributed by atoms with Crippen molar-refractivity contribution in [2.45, 2.75) is 12.1 Å². The summed E-state index contributed by atoms with van der Waals surface area (Å²) in [5.41, 5.74) is 9.49. The van der Waals surface area contributed by atoms with E-state index in [2.05, 4.69) is 4.98 Å². The Balaban J connectivity index is 1.75. The van der Waals surface area contributed by atoms with Gasteiger partial charge in [-0.2, -0.15) is 13.2 Å². The molecule has 0 saturated carbocycles. The van der Waals surface area contributed by atoms with Gasteiger partial charge >= 0.3 is 6.18 Å². The Labute approximate surface area is 197 Å². The molecule has 170 valence electrons. The lowest BCUT2D eigenvalue weighted by Crippen LogP contribution is -2.04. The zero-order valence-electron chi connectivity index (χ0n) is 17.6. The Kier molecular flexibility index (Phi) is 5.45. The predicted octanol–water partition coefficient (Wildman–Crippen LogP) is 6.49. The van der Waals surface area contributed by atoms with E-state index in [0.29, 0.717) is 45.5 Å². The largest absolute Gasteiger partial charge is 0.416 e. The topological polar surface area (TPSA) is 69.6 Å². The highest BCUT2D eigenvalue weighted by Gasteiger charge is 2.30. The van der Waals surface area contributed by atoms with Crippen LogP contribution in [-0.4, -0.2) is 19.5 Å². The lowest BCUT2D eigenvalue weighted by atomic mass is 10.1. The number of hydrogen-bond donors (Lipinski definition) is 1. The summed E-state index contributed by atoms with van der Waals surface area (Å²) in [5, 5.41) is 0. The highest BCUT2D eigenvalue weighted by molar-refractivity contribution is 6.17. The molecule has 5 rings (SSSR count). The molecule has 2 aromatic carbocycles. The van der Waals surface area contributed by atoms with Crippen molar-refractivity contribution < 1.29 is 13.2 Å². The Hall–Kier alpha value is -3.91. The Morgan fingerprint density at radius 2 is 1.71 bits per heavy atom. The van der Waals surface area contributed by atoms with Gasteiger partial charge in [-0.05, 0) is 54.1 Å². The minimum Gasteiger partial charge on any atom is -0.383 e. The molecule has 9 heteroatoms. The number of imidazole rings is 1. The summed E-state index contributed by atoms with van der Waals surface area (Å²) in [5.74, 6) is 1.19. The molecule has 0 amide bonds. The zero-order valence-corrected chi connectivity index (χ0v) is 18.3. The fourth-order valence-electron chi connectivity index (χ4n) is 3.74. The number of fused-ring (bicyclic) bond motifs is 1. The third kappa shape index (κ3) is 3.97. The molecule has 0 aliphatic carbocycles. The van der Waals surface area contributed by atoms with Gasteiger partial charge in [-0.15, -0.1) is 11.6 Å². The number of pyridine rings is 2. The van der Waals surface area contributed by atoms with Gasteiger partial charge in [-0.3, -0.25) is 4.57 Å². The molecule has 5 aromatic rings. The standard InChI is InChI=1S/C25H17ClF3N5/c26-14-15-6-8-18(9-7-15)34-23(19-5-2-12-31-22(19)30)33-21-11-10-20(32-24(21)34)16-3-1-4-17(13-16)25(27,28)29/h1-13H,14H2,(H2,30,31). The number of nitrogen functional groups attached to an aromatic ring is 1. The lowest BCUT2D eigenvalue weighted by molar-refractivity contribution is -0.137. The van der Waals surface area contributed by atoms with Gasteiger partial charge in [-0.1, -0.05) is 24.3 Å². The minimum absolute atomic E-state index is 0.300. The van der Waals surface area contributed by atoms with Crippen LogP contribution >= 0.6 is 11.6 Å². The van der Waals surface area contributed by atoms with E-state index in [0.717, 1.165) is 23.4 Å². The molecule has 34 heavy (non-hydrogen) atoms. The molecule has 0 bridgehead atoms. The molecule has 0 aliphatic heterocycles. The molecule has 5 nitrogen and oxygen atoms in total. The molecule has 0 aliphatic rings. The number of nitrogens with zero attached hydrogens (tertiary/aromatic N) is 4. The van der Waals surface area contributed by atoms with Crippen molar-refractivity contribution in [3.05, 3.63) is 90.1 Å². The van der Waals surface area contributed by atoms with Crippen molar-refractivity contribution in [2.24, 2.45) is 0 Å². The van der Waals surface area contributed by atoms with Crippen molar-refractivity contribution in [1.29, 1.82) is 0 Å². The summed E-state index contributed by atoms with van der Waals surface area (Å²) in [6.07, 6.45) is -2.86. The van der Waals surface area contributed by atoms with Crippen LogP contribution in [0.4, 0.5) is 19.0 Å². The fourth-order valence-corrected chi connectivity index (χ4v) is 3.92. The van der Waals surface area contributed by atoms with Gasteiger partial charge < -0.3 is 5.73 Å². The third-order valence-electron chi connectivity index (χ3n) is 5.42. The van der Waals surface area contributed by atoms with Gasteiger partial charge in [0.25, 0.3) is 0 Å². The first-order valence-corrected chi connectivity index (χ1v) is 10.8. The van der Waals surface area contributed by atoms with Crippen LogP contribution in [0.5, 0.6) is 0 Å². The van der Waals surface area contributed by atoms with E-state index in [4.69, 9.17) is 27.3 Å². The van der Waals surface area contributed by atoms with Gasteiger partial charge in [-0.25, -0.2) is 15.0 Å². The van der Waals surface area contributed by atoms with Crippen LogP contribution in [0.1, 0.15) is 11.1 Å². The van der Waals surface area contributed by atoms with Crippen LogP contribution < -0.4 is 5.73 Å². The number of halogens is 4. The summed E-state index contributed by atoms with van der Waals surface area (Å²) in [6, 6.07) is 19.6.